The van der Waals surface area contributed by atoms with E-state index in [1.54, 1.807) is 54.6 Å². The van der Waals surface area contributed by atoms with Gasteiger partial charge in [0, 0.05) is 11.1 Å². The van der Waals surface area contributed by atoms with Crippen molar-refractivity contribution in [3.63, 3.8) is 0 Å². The van der Waals surface area contributed by atoms with E-state index < -0.39 is 5.91 Å². The van der Waals surface area contributed by atoms with Crippen molar-refractivity contribution < 1.29 is 14.0 Å². The van der Waals surface area contributed by atoms with Crippen LogP contribution in [0.15, 0.2) is 71.3 Å². The monoisotopic (exact) mass is 345 g/mol. The van der Waals surface area contributed by atoms with Gasteiger partial charge in [0.05, 0.1) is 24.1 Å². The molecule has 2 amide bonds. The van der Waals surface area contributed by atoms with Crippen LogP contribution in [-0.4, -0.2) is 11.8 Å². The van der Waals surface area contributed by atoms with Gasteiger partial charge in [0.2, 0.25) is 0 Å². The van der Waals surface area contributed by atoms with Gasteiger partial charge in [-0.3, -0.25) is 9.59 Å². The average Bonchev–Trinajstić information content (AvgIpc) is 3.20. The molecule has 0 aliphatic carbocycles. The van der Waals surface area contributed by atoms with Gasteiger partial charge in [-0.1, -0.05) is 18.2 Å². The molecule has 0 saturated carbocycles. The van der Waals surface area contributed by atoms with E-state index in [1.165, 1.54) is 12.3 Å². The van der Waals surface area contributed by atoms with Gasteiger partial charge in [0.25, 0.3) is 11.8 Å². The predicted molar refractivity (Wildman–Crippen MR) is 95.4 cm³/mol. The highest BCUT2D eigenvalue weighted by atomic mass is 16.3. The minimum atomic E-state index is -0.395. The Labute approximate surface area is 150 Å². The fraction of sp³-hybridized carbons (Fsp3) is 0.0500. The first-order valence-corrected chi connectivity index (χ1v) is 7.88. The molecule has 0 atom stereocenters. The van der Waals surface area contributed by atoms with Crippen molar-refractivity contribution in [3.05, 3.63) is 89.4 Å². The number of amides is 2. The average molecular weight is 345 g/mol. The first-order chi connectivity index (χ1) is 12.7. The Bertz CT molecular complexity index is 972. The molecule has 0 aliphatic heterocycles. The van der Waals surface area contributed by atoms with Crippen LogP contribution < -0.4 is 10.6 Å². The number of nitrogens with one attached hydrogen (secondary N) is 2. The van der Waals surface area contributed by atoms with Crippen molar-refractivity contribution in [2.45, 2.75) is 6.54 Å². The number of nitriles is 1. The number of anilines is 1. The zero-order valence-corrected chi connectivity index (χ0v) is 13.7. The summed E-state index contributed by atoms with van der Waals surface area (Å²) in [4.78, 5) is 24.7. The van der Waals surface area contributed by atoms with Crippen molar-refractivity contribution in [3.8, 4) is 6.07 Å². The van der Waals surface area contributed by atoms with Crippen molar-refractivity contribution in [1.29, 1.82) is 5.26 Å². The van der Waals surface area contributed by atoms with Crippen LogP contribution in [0.5, 0.6) is 0 Å². The van der Waals surface area contributed by atoms with Gasteiger partial charge in [-0.2, -0.15) is 5.26 Å². The molecule has 6 heteroatoms. The summed E-state index contributed by atoms with van der Waals surface area (Å²) < 4.78 is 5.16. The molecular weight excluding hydrogens is 330 g/mol. The largest absolute Gasteiger partial charge is 0.467 e. The third-order valence-corrected chi connectivity index (χ3v) is 3.69. The summed E-state index contributed by atoms with van der Waals surface area (Å²) >= 11 is 0. The zero-order valence-electron chi connectivity index (χ0n) is 13.7. The molecule has 26 heavy (non-hydrogen) atoms. The lowest BCUT2D eigenvalue weighted by Crippen LogP contribution is -2.23. The maximum absolute atomic E-state index is 12.4. The standard InChI is InChI=1S/C20H15N3O3/c21-12-16-5-1-2-9-18(16)23-20(25)15-7-3-6-14(11-15)19(24)22-13-17-8-4-10-26-17/h1-11H,13H2,(H,22,24)(H,23,25). The third-order valence-electron chi connectivity index (χ3n) is 3.69. The SMILES string of the molecule is N#Cc1ccccc1NC(=O)c1cccc(C(=O)NCc2ccco2)c1. The van der Waals surface area contributed by atoms with E-state index in [-0.39, 0.29) is 12.5 Å². The molecule has 0 fully saturated rings. The van der Waals surface area contributed by atoms with Gasteiger partial charge >= 0.3 is 0 Å². The second-order valence-electron chi connectivity index (χ2n) is 5.45. The van der Waals surface area contributed by atoms with E-state index in [0.29, 0.717) is 28.1 Å². The zero-order chi connectivity index (χ0) is 18.4. The molecule has 0 radical (unpaired) electrons. The molecule has 2 N–H and O–H groups in total. The number of benzene rings is 2. The molecule has 6 nitrogen and oxygen atoms in total. The number of hydrogen-bond donors (Lipinski definition) is 2. The van der Waals surface area contributed by atoms with Crippen LogP contribution in [0.2, 0.25) is 0 Å². The van der Waals surface area contributed by atoms with Crippen LogP contribution >= 0.6 is 0 Å². The van der Waals surface area contributed by atoms with E-state index in [2.05, 4.69) is 10.6 Å². The molecule has 1 aromatic heterocycles. The fourth-order valence-corrected chi connectivity index (χ4v) is 2.37. The predicted octanol–water partition coefficient (Wildman–Crippen LogP) is 3.33. The van der Waals surface area contributed by atoms with Crippen LogP contribution in [0.25, 0.3) is 0 Å². The van der Waals surface area contributed by atoms with Gasteiger partial charge in [-0.25, -0.2) is 0 Å². The van der Waals surface area contributed by atoms with Gasteiger partial charge in [0.1, 0.15) is 11.8 Å². The third kappa shape index (κ3) is 3.97. The summed E-state index contributed by atoms with van der Waals surface area (Å²) in [6, 6.07) is 18.6. The molecule has 3 aromatic rings. The normalized spacial score (nSPS) is 9.96. The van der Waals surface area contributed by atoms with Crippen LogP contribution in [-0.2, 0) is 6.54 Å². The number of carbonyl (C=O) groups excluding carboxylic acids is 2. The topological polar surface area (TPSA) is 95.1 Å². The van der Waals surface area contributed by atoms with E-state index >= 15 is 0 Å². The number of furan rings is 1. The Morgan fingerprint density at radius 2 is 1.73 bits per heavy atom. The molecule has 128 valence electrons. The Hall–Kier alpha value is -3.85. The van der Waals surface area contributed by atoms with Crippen molar-refractivity contribution in [1.82, 2.24) is 5.32 Å². The van der Waals surface area contributed by atoms with E-state index in [9.17, 15) is 9.59 Å². The fourth-order valence-electron chi connectivity index (χ4n) is 2.37. The summed E-state index contributed by atoms with van der Waals surface area (Å²) in [5, 5.41) is 14.5. The molecule has 3 rings (SSSR count). The summed E-state index contributed by atoms with van der Waals surface area (Å²) in [7, 11) is 0. The van der Waals surface area contributed by atoms with E-state index in [1.807, 2.05) is 6.07 Å². The Balaban J connectivity index is 1.71. The molecular formula is C20H15N3O3. The second kappa shape index (κ2) is 7.81. The van der Waals surface area contributed by atoms with Crippen LogP contribution in [0, 0.1) is 11.3 Å². The van der Waals surface area contributed by atoms with E-state index in [4.69, 9.17) is 9.68 Å². The van der Waals surface area contributed by atoms with Crippen LogP contribution in [0.1, 0.15) is 32.0 Å². The quantitative estimate of drug-likeness (QED) is 0.741. The van der Waals surface area contributed by atoms with Gasteiger partial charge in [-0.05, 0) is 42.5 Å². The highest BCUT2D eigenvalue weighted by Crippen LogP contribution is 2.15. The minimum absolute atomic E-state index is 0.262. The number of carbonyl (C=O) groups is 2. The molecule has 0 spiro atoms. The van der Waals surface area contributed by atoms with Crippen LogP contribution in [0.3, 0.4) is 0 Å². The van der Waals surface area contributed by atoms with Crippen LogP contribution in [0.4, 0.5) is 5.69 Å². The van der Waals surface area contributed by atoms with Gasteiger partial charge < -0.3 is 15.1 Å². The molecule has 1 heterocycles. The first kappa shape index (κ1) is 17.0. The lowest BCUT2D eigenvalue weighted by Gasteiger charge is -2.08. The molecule has 2 aromatic carbocycles. The number of para-hydroxylation sites is 1. The molecule has 0 saturated heterocycles. The number of hydrogen-bond acceptors (Lipinski definition) is 4. The Morgan fingerprint density at radius 3 is 2.46 bits per heavy atom. The highest BCUT2D eigenvalue weighted by molar-refractivity contribution is 6.06. The summed E-state index contributed by atoms with van der Waals surface area (Å²) in [5.41, 5.74) is 1.47. The lowest BCUT2D eigenvalue weighted by molar-refractivity contribution is 0.0948. The van der Waals surface area contributed by atoms with Gasteiger partial charge in [0.15, 0.2) is 0 Å². The molecule has 0 unspecified atom stereocenters. The van der Waals surface area contributed by atoms with E-state index in [0.717, 1.165) is 0 Å². The Morgan fingerprint density at radius 1 is 0.962 bits per heavy atom. The van der Waals surface area contributed by atoms with Crippen molar-refractivity contribution >= 4 is 17.5 Å². The maximum Gasteiger partial charge on any atom is 0.255 e. The lowest BCUT2D eigenvalue weighted by atomic mass is 10.1. The number of rotatable bonds is 5. The minimum Gasteiger partial charge on any atom is -0.467 e. The molecule has 0 bridgehead atoms. The second-order valence-corrected chi connectivity index (χ2v) is 5.45. The van der Waals surface area contributed by atoms with Crippen molar-refractivity contribution in [2.75, 3.05) is 5.32 Å². The van der Waals surface area contributed by atoms with Crippen molar-refractivity contribution in [2.24, 2.45) is 0 Å². The first-order valence-electron chi connectivity index (χ1n) is 7.88. The summed E-state index contributed by atoms with van der Waals surface area (Å²) in [5.74, 6) is -0.0674. The van der Waals surface area contributed by atoms with Gasteiger partial charge in [-0.15, -0.1) is 0 Å². The maximum atomic E-state index is 12.4. The highest BCUT2D eigenvalue weighted by Gasteiger charge is 2.12. The molecule has 0 aliphatic rings. The summed E-state index contributed by atoms with van der Waals surface area (Å²) in [6.45, 7) is 0.262. The smallest absolute Gasteiger partial charge is 0.255 e. The Kier molecular flexibility index (Phi) is 5.11. The number of nitrogens with zero attached hydrogens (tertiary/aromatic N) is 1. The summed E-state index contributed by atoms with van der Waals surface area (Å²) in [6.07, 6.45) is 1.53.